The van der Waals surface area contributed by atoms with Crippen LogP contribution in [0.15, 0.2) is 18.3 Å². The van der Waals surface area contributed by atoms with Crippen LogP contribution in [0.1, 0.15) is 36.5 Å². The Kier molecular flexibility index (Phi) is 4.09. The van der Waals surface area contributed by atoms with Gasteiger partial charge in [0.25, 0.3) is 0 Å². The third-order valence-electron chi connectivity index (χ3n) is 2.83. The van der Waals surface area contributed by atoms with E-state index < -0.39 is 0 Å². The van der Waals surface area contributed by atoms with Crippen LogP contribution in [-0.2, 0) is 4.74 Å². The summed E-state index contributed by atoms with van der Waals surface area (Å²) in [4.78, 5) is 15.3. The summed E-state index contributed by atoms with van der Waals surface area (Å²) in [7, 11) is 0. The highest BCUT2D eigenvalue weighted by molar-refractivity contribution is 5.94. The molecular weight excluding hydrogens is 218 g/mol. The van der Waals surface area contributed by atoms with Crippen molar-refractivity contribution in [3.63, 3.8) is 0 Å². The van der Waals surface area contributed by atoms with E-state index in [-0.39, 0.29) is 11.9 Å². The van der Waals surface area contributed by atoms with E-state index in [9.17, 15) is 4.79 Å². The fourth-order valence-electron chi connectivity index (χ4n) is 1.82. The molecule has 1 aromatic heterocycles. The standard InChI is InChI=1S/C13H17NO3/c1-10(15)11-5-6-14-13(8-11)17-9-12-4-2-3-7-16-12/h5-6,8,12H,2-4,7,9H2,1H3. The van der Waals surface area contributed by atoms with Gasteiger partial charge < -0.3 is 9.47 Å². The van der Waals surface area contributed by atoms with Crippen molar-refractivity contribution in [1.82, 2.24) is 4.98 Å². The third kappa shape index (κ3) is 3.53. The largest absolute Gasteiger partial charge is 0.475 e. The zero-order valence-electron chi connectivity index (χ0n) is 10.0. The monoisotopic (exact) mass is 235 g/mol. The molecule has 2 rings (SSSR count). The average Bonchev–Trinajstić information content (AvgIpc) is 2.38. The summed E-state index contributed by atoms with van der Waals surface area (Å²) in [6.07, 6.45) is 5.11. The molecule has 92 valence electrons. The number of hydrogen-bond donors (Lipinski definition) is 0. The molecule has 17 heavy (non-hydrogen) atoms. The molecule has 1 fully saturated rings. The zero-order chi connectivity index (χ0) is 12.1. The minimum atomic E-state index is 0.0196. The second-order valence-electron chi connectivity index (χ2n) is 4.24. The van der Waals surface area contributed by atoms with Gasteiger partial charge in [-0.15, -0.1) is 0 Å². The Labute approximate surface area is 101 Å². The molecule has 1 aromatic rings. The van der Waals surface area contributed by atoms with Crippen molar-refractivity contribution in [2.24, 2.45) is 0 Å². The van der Waals surface area contributed by atoms with Gasteiger partial charge in [0.15, 0.2) is 5.78 Å². The highest BCUT2D eigenvalue weighted by Crippen LogP contribution is 2.15. The molecule has 2 heterocycles. The summed E-state index contributed by atoms with van der Waals surface area (Å²) in [6.45, 7) is 2.85. The summed E-state index contributed by atoms with van der Waals surface area (Å²) in [6, 6.07) is 3.36. The maximum Gasteiger partial charge on any atom is 0.213 e. The first kappa shape index (κ1) is 12.0. The summed E-state index contributed by atoms with van der Waals surface area (Å²) in [5.41, 5.74) is 0.625. The number of rotatable bonds is 4. The van der Waals surface area contributed by atoms with Crippen LogP contribution in [0.3, 0.4) is 0 Å². The smallest absolute Gasteiger partial charge is 0.213 e. The van der Waals surface area contributed by atoms with E-state index in [2.05, 4.69) is 4.98 Å². The van der Waals surface area contributed by atoms with Gasteiger partial charge >= 0.3 is 0 Å². The first-order chi connectivity index (χ1) is 8.25. The van der Waals surface area contributed by atoms with E-state index in [1.165, 1.54) is 13.3 Å². The molecule has 1 atom stereocenters. The fourth-order valence-corrected chi connectivity index (χ4v) is 1.82. The van der Waals surface area contributed by atoms with Crippen LogP contribution in [0.2, 0.25) is 0 Å². The molecule has 1 unspecified atom stereocenters. The number of aromatic nitrogens is 1. The molecule has 4 nitrogen and oxygen atoms in total. The van der Waals surface area contributed by atoms with E-state index >= 15 is 0 Å². The van der Waals surface area contributed by atoms with Crippen molar-refractivity contribution < 1.29 is 14.3 Å². The molecule has 0 saturated carbocycles. The predicted molar refractivity (Wildman–Crippen MR) is 63.3 cm³/mol. The normalized spacial score (nSPS) is 19.9. The zero-order valence-corrected chi connectivity index (χ0v) is 10.0. The first-order valence-corrected chi connectivity index (χ1v) is 5.97. The van der Waals surface area contributed by atoms with E-state index in [0.717, 1.165) is 19.4 Å². The van der Waals surface area contributed by atoms with Gasteiger partial charge in [0, 0.05) is 24.4 Å². The summed E-state index contributed by atoms with van der Waals surface area (Å²) < 4.78 is 11.1. The predicted octanol–water partition coefficient (Wildman–Crippen LogP) is 2.23. The number of carbonyl (C=O) groups excluding carboxylic acids is 1. The summed E-state index contributed by atoms with van der Waals surface area (Å²) >= 11 is 0. The van der Waals surface area contributed by atoms with Crippen molar-refractivity contribution in [3.8, 4) is 5.88 Å². The van der Waals surface area contributed by atoms with Crippen LogP contribution in [0.5, 0.6) is 5.88 Å². The minimum absolute atomic E-state index is 0.0196. The number of Topliss-reactive ketones (excluding diaryl/α,β-unsaturated/α-hetero) is 1. The van der Waals surface area contributed by atoms with Crippen molar-refractivity contribution in [2.45, 2.75) is 32.3 Å². The number of ether oxygens (including phenoxy) is 2. The number of hydrogen-bond acceptors (Lipinski definition) is 4. The molecule has 0 N–H and O–H groups in total. The van der Waals surface area contributed by atoms with Crippen molar-refractivity contribution in [2.75, 3.05) is 13.2 Å². The molecule has 0 bridgehead atoms. The van der Waals surface area contributed by atoms with Gasteiger partial charge in [0.1, 0.15) is 6.61 Å². The topological polar surface area (TPSA) is 48.4 Å². The van der Waals surface area contributed by atoms with Gasteiger partial charge in [0.05, 0.1) is 6.10 Å². The molecule has 1 aliphatic rings. The van der Waals surface area contributed by atoms with Crippen LogP contribution in [0.25, 0.3) is 0 Å². The van der Waals surface area contributed by atoms with E-state index in [1.807, 2.05) is 0 Å². The van der Waals surface area contributed by atoms with Gasteiger partial charge in [0.2, 0.25) is 5.88 Å². The lowest BCUT2D eigenvalue weighted by atomic mass is 10.1. The Morgan fingerprint density at radius 3 is 3.18 bits per heavy atom. The fraction of sp³-hybridized carbons (Fsp3) is 0.538. The Morgan fingerprint density at radius 1 is 1.59 bits per heavy atom. The van der Waals surface area contributed by atoms with Crippen LogP contribution >= 0.6 is 0 Å². The molecule has 1 aliphatic heterocycles. The van der Waals surface area contributed by atoms with Gasteiger partial charge in [-0.05, 0) is 32.3 Å². The van der Waals surface area contributed by atoms with Gasteiger partial charge in [-0.25, -0.2) is 4.98 Å². The molecule has 0 aromatic carbocycles. The van der Waals surface area contributed by atoms with Crippen LogP contribution in [0.4, 0.5) is 0 Å². The molecule has 4 heteroatoms. The number of carbonyl (C=O) groups is 1. The van der Waals surface area contributed by atoms with Crippen LogP contribution in [-0.4, -0.2) is 30.1 Å². The molecule has 0 amide bonds. The number of pyridine rings is 1. The molecule has 0 radical (unpaired) electrons. The van der Waals surface area contributed by atoms with Crippen LogP contribution in [0, 0.1) is 0 Å². The average molecular weight is 235 g/mol. The highest BCUT2D eigenvalue weighted by Gasteiger charge is 2.14. The maximum absolute atomic E-state index is 11.2. The SMILES string of the molecule is CC(=O)c1ccnc(OCC2CCCCO2)c1. The number of nitrogens with zero attached hydrogens (tertiary/aromatic N) is 1. The lowest BCUT2D eigenvalue weighted by Crippen LogP contribution is -2.26. The Balaban J connectivity index is 1.89. The van der Waals surface area contributed by atoms with E-state index in [1.54, 1.807) is 18.3 Å². The number of ketones is 1. The molecular formula is C13H17NO3. The minimum Gasteiger partial charge on any atom is -0.475 e. The summed E-state index contributed by atoms with van der Waals surface area (Å²) in [5, 5.41) is 0. The van der Waals surface area contributed by atoms with E-state index in [4.69, 9.17) is 9.47 Å². The molecule has 0 spiro atoms. The summed E-state index contributed by atoms with van der Waals surface area (Å²) in [5.74, 6) is 0.512. The molecule has 1 saturated heterocycles. The highest BCUT2D eigenvalue weighted by atomic mass is 16.5. The van der Waals surface area contributed by atoms with Crippen molar-refractivity contribution in [1.29, 1.82) is 0 Å². The quantitative estimate of drug-likeness (QED) is 0.751. The third-order valence-corrected chi connectivity index (χ3v) is 2.83. The Hall–Kier alpha value is -1.42. The van der Waals surface area contributed by atoms with Gasteiger partial charge in [-0.1, -0.05) is 0 Å². The van der Waals surface area contributed by atoms with Crippen molar-refractivity contribution in [3.05, 3.63) is 23.9 Å². The first-order valence-electron chi connectivity index (χ1n) is 5.97. The van der Waals surface area contributed by atoms with Gasteiger partial charge in [-0.3, -0.25) is 4.79 Å². The van der Waals surface area contributed by atoms with Crippen molar-refractivity contribution >= 4 is 5.78 Å². The lowest BCUT2D eigenvalue weighted by Gasteiger charge is -2.22. The lowest BCUT2D eigenvalue weighted by molar-refractivity contribution is -0.0119. The maximum atomic E-state index is 11.2. The Bertz CT molecular complexity index is 386. The van der Waals surface area contributed by atoms with E-state index in [0.29, 0.717) is 18.1 Å². The Morgan fingerprint density at radius 2 is 2.47 bits per heavy atom. The second kappa shape index (κ2) is 5.77. The second-order valence-corrected chi connectivity index (χ2v) is 4.24. The van der Waals surface area contributed by atoms with Crippen LogP contribution < -0.4 is 4.74 Å². The van der Waals surface area contributed by atoms with Gasteiger partial charge in [-0.2, -0.15) is 0 Å². The molecule has 0 aliphatic carbocycles.